The zero-order valence-corrected chi connectivity index (χ0v) is 10.0. The third-order valence-electron chi connectivity index (χ3n) is 2.83. The van der Waals surface area contributed by atoms with E-state index in [1.165, 1.54) is 25.0 Å². The molecule has 2 rings (SSSR count). The first kappa shape index (κ1) is 12.8. The van der Waals surface area contributed by atoms with Crippen LogP contribution >= 0.6 is 11.8 Å². The average molecular weight is 261 g/mol. The van der Waals surface area contributed by atoms with Crippen LogP contribution in [0.5, 0.6) is 0 Å². The Balaban J connectivity index is 1.96. The van der Waals surface area contributed by atoms with Crippen molar-refractivity contribution < 1.29 is 13.2 Å². The van der Waals surface area contributed by atoms with Crippen molar-refractivity contribution in [3.8, 4) is 0 Å². The van der Waals surface area contributed by atoms with Gasteiger partial charge in [0.2, 0.25) is 0 Å². The first-order valence-electron chi connectivity index (χ1n) is 5.55. The van der Waals surface area contributed by atoms with Gasteiger partial charge in [-0.25, -0.2) is 0 Å². The monoisotopic (exact) mass is 261 g/mol. The van der Waals surface area contributed by atoms with Crippen LogP contribution in [0, 0.1) is 5.92 Å². The lowest BCUT2D eigenvalue weighted by Crippen LogP contribution is -2.10. The van der Waals surface area contributed by atoms with E-state index < -0.39 is 5.51 Å². The Morgan fingerprint density at radius 2 is 1.82 bits per heavy atom. The highest BCUT2D eigenvalue weighted by Crippen LogP contribution is 2.39. The van der Waals surface area contributed by atoms with Crippen LogP contribution in [0.15, 0.2) is 29.2 Å². The van der Waals surface area contributed by atoms with Crippen molar-refractivity contribution in [1.82, 2.24) is 0 Å². The molecule has 0 bridgehead atoms. The highest BCUT2D eigenvalue weighted by molar-refractivity contribution is 8.00. The van der Waals surface area contributed by atoms with Gasteiger partial charge >= 0.3 is 5.51 Å². The summed E-state index contributed by atoms with van der Waals surface area (Å²) in [5.41, 5.74) is 2.68. The fraction of sp³-hybridized carbons (Fsp3) is 0.500. The smallest absolute Gasteiger partial charge is 0.324 e. The minimum Gasteiger partial charge on any atom is -0.324 e. The van der Waals surface area contributed by atoms with Crippen LogP contribution in [-0.2, 0) is 0 Å². The van der Waals surface area contributed by atoms with Crippen LogP contribution in [0.2, 0.25) is 0 Å². The summed E-state index contributed by atoms with van der Waals surface area (Å²) >= 11 is -0.0934. The Bertz CT molecular complexity index is 370. The van der Waals surface area contributed by atoms with Gasteiger partial charge in [-0.2, -0.15) is 13.2 Å². The van der Waals surface area contributed by atoms with Crippen molar-refractivity contribution in [2.75, 3.05) is 0 Å². The molecule has 1 nitrogen and oxygen atoms in total. The second kappa shape index (κ2) is 4.90. The summed E-state index contributed by atoms with van der Waals surface area (Å²) in [6, 6.07) is 6.32. The molecule has 1 atom stereocenters. The molecule has 5 heteroatoms. The molecule has 1 saturated carbocycles. The van der Waals surface area contributed by atoms with Gasteiger partial charge in [-0.1, -0.05) is 25.0 Å². The molecule has 2 N–H and O–H groups in total. The predicted molar refractivity (Wildman–Crippen MR) is 62.6 cm³/mol. The van der Waals surface area contributed by atoms with E-state index in [1.54, 1.807) is 12.1 Å². The first-order valence-corrected chi connectivity index (χ1v) is 6.37. The molecule has 1 aliphatic rings. The van der Waals surface area contributed by atoms with E-state index in [2.05, 4.69) is 0 Å². The Morgan fingerprint density at radius 1 is 1.24 bits per heavy atom. The molecule has 1 aliphatic carbocycles. The number of nitrogens with two attached hydrogens (primary N) is 1. The van der Waals surface area contributed by atoms with E-state index in [1.807, 2.05) is 0 Å². The maximum atomic E-state index is 12.1. The fourth-order valence-electron chi connectivity index (χ4n) is 1.77. The van der Waals surface area contributed by atoms with E-state index >= 15 is 0 Å². The zero-order chi connectivity index (χ0) is 12.5. The summed E-state index contributed by atoms with van der Waals surface area (Å²) in [4.78, 5) is 0.208. The minimum atomic E-state index is -4.22. The Hall–Kier alpha value is -0.680. The second-order valence-electron chi connectivity index (χ2n) is 4.40. The predicted octanol–water partition coefficient (Wildman–Crippen LogP) is 4.10. The number of hydrogen-bond acceptors (Lipinski definition) is 2. The van der Waals surface area contributed by atoms with Crippen molar-refractivity contribution in [2.45, 2.75) is 35.7 Å². The van der Waals surface area contributed by atoms with Crippen LogP contribution in [0.25, 0.3) is 0 Å². The summed E-state index contributed by atoms with van der Waals surface area (Å²) in [5, 5.41) is 0. The minimum absolute atomic E-state index is 0.0487. The third kappa shape index (κ3) is 4.24. The number of thioether (sulfide) groups is 1. The lowest BCUT2D eigenvalue weighted by molar-refractivity contribution is -0.0328. The topological polar surface area (TPSA) is 26.0 Å². The molecule has 1 fully saturated rings. The molecule has 0 aromatic heterocycles. The van der Waals surface area contributed by atoms with Crippen LogP contribution < -0.4 is 5.73 Å². The van der Waals surface area contributed by atoms with Crippen molar-refractivity contribution in [3.05, 3.63) is 29.8 Å². The Kier molecular flexibility index (Phi) is 3.68. The van der Waals surface area contributed by atoms with Gasteiger partial charge in [0, 0.05) is 10.9 Å². The molecule has 17 heavy (non-hydrogen) atoms. The molecule has 0 saturated heterocycles. The number of alkyl halides is 3. The largest absolute Gasteiger partial charge is 0.446 e. The molecule has 94 valence electrons. The summed E-state index contributed by atoms with van der Waals surface area (Å²) in [6.45, 7) is 0. The number of halogens is 3. The molecular formula is C12H14F3NS. The van der Waals surface area contributed by atoms with Gasteiger partial charge in [-0.15, -0.1) is 0 Å². The summed E-state index contributed by atoms with van der Waals surface area (Å²) in [5.74, 6) is 0.717. The molecule has 0 heterocycles. The SMILES string of the molecule is N[C@H](CC1CC1)c1ccc(SC(F)(F)F)cc1. The van der Waals surface area contributed by atoms with E-state index in [4.69, 9.17) is 5.73 Å². The van der Waals surface area contributed by atoms with E-state index in [0.29, 0.717) is 5.92 Å². The highest BCUT2D eigenvalue weighted by atomic mass is 32.2. The van der Waals surface area contributed by atoms with E-state index in [9.17, 15) is 13.2 Å². The Labute approximate surface area is 103 Å². The highest BCUT2D eigenvalue weighted by Gasteiger charge is 2.29. The van der Waals surface area contributed by atoms with Crippen molar-refractivity contribution >= 4 is 11.8 Å². The van der Waals surface area contributed by atoms with Crippen LogP contribution in [-0.4, -0.2) is 5.51 Å². The second-order valence-corrected chi connectivity index (χ2v) is 5.54. The summed E-state index contributed by atoms with van der Waals surface area (Å²) in [6.07, 6.45) is 3.40. The molecule has 1 aromatic carbocycles. The maximum Gasteiger partial charge on any atom is 0.446 e. The van der Waals surface area contributed by atoms with Gasteiger partial charge in [-0.3, -0.25) is 0 Å². The van der Waals surface area contributed by atoms with Crippen molar-refractivity contribution in [3.63, 3.8) is 0 Å². The standard InChI is InChI=1S/C12H14F3NS/c13-12(14,15)17-10-5-3-9(4-6-10)11(16)7-8-1-2-8/h3-6,8,11H,1-2,7,16H2/t11-/m1/s1. The normalized spacial score (nSPS) is 18.1. The van der Waals surface area contributed by atoms with Crippen molar-refractivity contribution in [2.24, 2.45) is 11.7 Å². The maximum absolute atomic E-state index is 12.1. The van der Waals surface area contributed by atoms with Crippen LogP contribution in [0.1, 0.15) is 30.9 Å². The molecule has 1 aromatic rings. The molecule has 0 unspecified atom stereocenters. The van der Waals surface area contributed by atoms with Gasteiger partial charge in [0.15, 0.2) is 0 Å². The van der Waals surface area contributed by atoms with Gasteiger partial charge < -0.3 is 5.73 Å². The molecular weight excluding hydrogens is 247 g/mol. The fourth-order valence-corrected chi connectivity index (χ4v) is 2.30. The average Bonchev–Trinajstić information content (AvgIpc) is 3.00. The van der Waals surface area contributed by atoms with Gasteiger partial charge in [-0.05, 0) is 41.8 Å². The quantitative estimate of drug-likeness (QED) is 0.826. The third-order valence-corrected chi connectivity index (χ3v) is 3.57. The summed E-state index contributed by atoms with van der Waals surface area (Å²) < 4.78 is 36.4. The molecule has 0 aliphatic heterocycles. The number of rotatable bonds is 4. The van der Waals surface area contributed by atoms with E-state index in [0.717, 1.165) is 12.0 Å². The lowest BCUT2D eigenvalue weighted by atomic mass is 10.0. The van der Waals surface area contributed by atoms with Gasteiger partial charge in [0.05, 0.1) is 0 Å². The van der Waals surface area contributed by atoms with E-state index in [-0.39, 0.29) is 22.7 Å². The van der Waals surface area contributed by atoms with Gasteiger partial charge in [0.1, 0.15) is 0 Å². The number of hydrogen-bond donors (Lipinski definition) is 1. The first-order chi connectivity index (χ1) is 7.94. The van der Waals surface area contributed by atoms with Crippen LogP contribution in [0.4, 0.5) is 13.2 Å². The summed E-state index contributed by atoms with van der Waals surface area (Å²) in [7, 11) is 0. The Morgan fingerprint density at radius 3 is 2.29 bits per heavy atom. The molecule has 0 spiro atoms. The number of benzene rings is 1. The van der Waals surface area contributed by atoms with Crippen LogP contribution in [0.3, 0.4) is 0 Å². The lowest BCUT2D eigenvalue weighted by Gasteiger charge is -2.12. The molecule has 0 radical (unpaired) electrons. The zero-order valence-electron chi connectivity index (χ0n) is 9.20. The van der Waals surface area contributed by atoms with Gasteiger partial charge in [0.25, 0.3) is 0 Å². The van der Waals surface area contributed by atoms with Crippen molar-refractivity contribution in [1.29, 1.82) is 0 Å². The molecule has 0 amide bonds.